The molecule has 0 aliphatic carbocycles. The molecule has 0 amide bonds. The SMILES string of the molecule is CN(CC(F)(F)F)S(=O)(=O)N1CCCCC1CN. The van der Waals surface area contributed by atoms with Crippen molar-refractivity contribution in [2.75, 3.05) is 26.7 Å². The number of nitrogens with zero attached hydrogens (tertiary/aromatic N) is 2. The molecule has 1 saturated heterocycles. The second kappa shape index (κ2) is 5.72. The van der Waals surface area contributed by atoms with Crippen molar-refractivity contribution in [3.63, 3.8) is 0 Å². The molecule has 18 heavy (non-hydrogen) atoms. The highest BCUT2D eigenvalue weighted by molar-refractivity contribution is 7.86. The number of halogens is 3. The number of alkyl halides is 3. The first-order valence-corrected chi connectivity index (χ1v) is 7.08. The van der Waals surface area contributed by atoms with Gasteiger partial charge in [0.1, 0.15) is 6.54 Å². The van der Waals surface area contributed by atoms with Crippen LogP contribution in [0.3, 0.4) is 0 Å². The Labute approximate surface area is 105 Å². The Hall–Kier alpha value is -0.380. The van der Waals surface area contributed by atoms with Crippen molar-refractivity contribution < 1.29 is 21.6 Å². The highest BCUT2D eigenvalue weighted by atomic mass is 32.2. The fourth-order valence-electron chi connectivity index (χ4n) is 2.03. The Kier molecular flexibility index (Phi) is 4.98. The highest BCUT2D eigenvalue weighted by Gasteiger charge is 2.39. The summed E-state index contributed by atoms with van der Waals surface area (Å²) in [5, 5.41) is 0. The van der Waals surface area contributed by atoms with Gasteiger partial charge in [-0.05, 0) is 12.8 Å². The fraction of sp³-hybridized carbons (Fsp3) is 1.00. The predicted molar refractivity (Wildman–Crippen MR) is 61.0 cm³/mol. The summed E-state index contributed by atoms with van der Waals surface area (Å²) in [4.78, 5) is 0. The predicted octanol–water partition coefficient (Wildman–Crippen LogP) is 0.539. The maximum absolute atomic E-state index is 12.2. The lowest BCUT2D eigenvalue weighted by Gasteiger charge is -2.36. The molecule has 0 aromatic carbocycles. The molecule has 1 fully saturated rings. The van der Waals surface area contributed by atoms with Crippen molar-refractivity contribution in [1.82, 2.24) is 8.61 Å². The van der Waals surface area contributed by atoms with E-state index in [0.29, 0.717) is 17.1 Å². The molecule has 1 unspecified atom stereocenters. The Morgan fingerprint density at radius 3 is 2.50 bits per heavy atom. The maximum atomic E-state index is 12.2. The van der Waals surface area contributed by atoms with Crippen LogP contribution in [0.25, 0.3) is 0 Å². The molecule has 0 saturated carbocycles. The molecule has 1 aliphatic heterocycles. The van der Waals surface area contributed by atoms with Gasteiger partial charge in [0, 0.05) is 26.2 Å². The minimum atomic E-state index is -4.55. The van der Waals surface area contributed by atoms with Crippen LogP contribution in [0, 0.1) is 0 Å². The second-order valence-electron chi connectivity index (χ2n) is 4.38. The van der Waals surface area contributed by atoms with Crippen LogP contribution in [0.1, 0.15) is 19.3 Å². The van der Waals surface area contributed by atoms with Crippen molar-refractivity contribution in [2.24, 2.45) is 5.73 Å². The van der Waals surface area contributed by atoms with Gasteiger partial charge in [-0.2, -0.15) is 30.2 Å². The summed E-state index contributed by atoms with van der Waals surface area (Å²) in [5.41, 5.74) is 5.47. The van der Waals surface area contributed by atoms with Gasteiger partial charge in [-0.1, -0.05) is 6.42 Å². The van der Waals surface area contributed by atoms with E-state index in [9.17, 15) is 21.6 Å². The Balaban J connectivity index is 2.84. The molecule has 0 spiro atoms. The minimum absolute atomic E-state index is 0.124. The quantitative estimate of drug-likeness (QED) is 0.821. The molecule has 2 N–H and O–H groups in total. The van der Waals surface area contributed by atoms with Gasteiger partial charge in [0.15, 0.2) is 0 Å². The van der Waals surface area contributed by atoms with Gasteiger partial charge in [-0.25, -0.2) is 0 Å². The van der Waals surface area contributed by atoms with Gasteiger partial charge < -0.3 is 5.73 Å². The van der Waals surface area contributed by atoms with E-state index in [1.165, 1.54) is 0 Å². The normalized spacial score (nSPS) is 23.6. The van der Waals surface area contributed by atoms with Crippen LogP contribution in [0.15, 0.2) is 0 Å². The van der Waals surface area contributed by atoms with Crippen molar-refractivity contribution in [3.05, 3.63) is 0 Å². The summed E-state index contributed by atoms with van der Waals surface area (Å²) in [5.74, 6) is 0. The summed E-state index contributed by atoms with van der Waals surface area (Å²) in [6, 6.07) is -0.403. The van der Waals surface area contributed by atoms with E-state index < -0.39 is 29.0 Å². The van der Waals surface area contributed by atoms with Crippen LogP contribution in [-0.4, -0.2) is 55.9 Å². The molecule has 1 atom stereocenters. The molecule has 0 radical (unpaired) electrons. The fourth-order valence-corrected chi connectivity index (χ4v) is 3.62. The third-order valence-electron chi connectivity index (χ3n) is 2.94. The Morgan fingerprint density at radius 2 is 2.00 bits per heavy atom. The van der Waals surface area contributed by atoms with Gasteiger partial charge >= 0.3 is 6.18 Å². The summed E-state index contributed by atoms with van der Waals surface area (Å²) in [6.45, 7) is -1.13. The van der Waals surface area contributed by atoms with Crippen LogP contribution in [0.2, 0.25) is 0 Å². The number of nitrogens with two attached hydrogens (primary N) is 1. The van der Waals surface area contributed by atoms with Crippen molar-refractivity contribution in [3.8, 4) is 0 Å². The van der Waals surface area contributed by atoms with Crippen LogP contribution in [0.5, 0.6) is 0 Å². The molecule has 9 heteroatoms. The van der Waals surface area contributed by atoms with Crippen LogP contribution < -0.4 is 5.73 Å². The number of rotatable bonds is 4. The van der Waals surface area contributed by atoms with Gasteiger partial charge in [-0.3, -0.25) is 0 Å². The maximum Gasteiger partial charge on any atom is 0.402 e. The third kappa shape index (κ3) is 3.81. The lowest BCUT2D eigenvalue weighted by atomic mass is 10.1. The third-order valence-corrected chi connectivity index (χ3v) is 4.93. The monoisotopic (exact) mass is 289 g/mol. The van der Waals surface area contributed by atoms with Gasteiger partial charge in [-0.15, -0.1) is 0 Å². The smallest absolute Gasteiger partial charge is 0.329 e. The summed E-state index contributed by atoms with van der Waals surface area (Å²) in [7, 11) is -3.15. The molecule has 0 bridgehead atoms. The van der Waals surface area contributed by atoms with Gasteiger partial charge in [0.25, 0.3) is 10.2 Å². The van der Waals surface area contributed by atoms with Crippen molar-refractivity contribution in [1.29, 1.82) is 0 Å². The summed E-state index contributed by atoms with van der Waals surface area (Å²) >= 11 is 0. The number of hydrogen-bond acceptors (Lipinski definition) is 3. The molecule has 5 nitrogen and oxygen atoms in total. The molecule has 1 aliphatic rings. The van der Waals surface area contributed by atoms with E-state index in [4.69, 9.17) is 5.73 Å². The van der Waals surface area contributed by atoms with Crippen molar-refractivity contribution >= 4 is 10.2 Å². The van der Waals surface area contributed by atoms with Crippen LogP contribution in [-0.2, 0) is 10.2 Å². The zero-order valence-electron chi connectivity index (χ0n) is 10.2. The molecule has 1 heterocycles. The minimum Gasteiger partial charge on any atom is -0.329 e. The first-order chi connectivity index (χ1) is 8.18. The molecule has 1 rings (SSSR count). The van der Waals surface area contributed by atoms with E-state index in [1.54, 1.807) is 0 Å². The van der Waals surface area contributed by atoms with E-state index in [2.05, 4.69) is 0 Å². The summed E-state index contributed by atoms with van der Waals surface area (Å²) in [6.07, 6.45) is -2.46. The van der Waals surface area contributed by atoms with E-state index in [0.717, 1.165) is 17.8 Å². The van der Waals surface area contributed by atoms with Crippen LogP contribution in [0.4, 0.5) is 13.2 Å². The first-order valence-electron chi connectivity index (χ1n) is 5.68. The second-order valence-corrected chi connectivity index (χ2v) is 6.36. The first kappa shape index (κ1) is 15.7. The average molecular weight is 289 g/mol. The molecular weight excluding hydrogens is 271 g/mol. The molecule has 0 aromatic heterocycles. The van der Waals surface area contributed by atoms with Gasteiger partial charge in [0.05, 0.1) is 0 Å². The van der Waals surface area contributed by atoms with E-state index in [1.807, 2.05) is 0 Å². The lowest BCUT2D eigenvalue weighted by molar-refractivity contribution is -0.134. The van der Waals surface area contributed by atoms with Crippen molar-refractivity contribution in [2.45, 2.75) is 31.5 Å². The Bertz CT molecular complexity index is 372. The molecular formula is C9H18F3N3O2S. The number of hydrogen-bond donors (Lipinski definition) is 1. The average Bonchev–Trinajstić information content (AvgIpc) is 2.26. The van der Waals surface area contributed by atoms with E-state index in [-0.39, 0.29) is 13.1 Å². The number of piperidine rings is 1. The van der Waals surface area contributed by atoms with Gasteiger partial charge in [0.2, 0.25) is 0 Å². The summed E-state index contributed by atoms with van der Waals surface area (Å²) < 4.78 is 62.2. The molecule has 108 valence electrons. The Morgan fingerprint density at radius 1 is 1.39 bits per heavy atom. The lowest BCUT2D eigenvalue weighted by Crippen LogP contribution is -2.53. The topological polar surface area (TPSA) is 66.6 Å². The molecule has 0 aromatic rings. The zero-order valence-corrected chi connectivity index (χ0v) is 11.0. The zero-order chi connectivity index (χ0) is 14.0. The van der Waals surface area contributed by atoms with E-state index >= 15 is 0 Å². The van der Waals surface area contributed by atoms with Crippen LogP contribution >= 0.6 is 0 Å². The standard InChI is InChI=1S/C9H18F3N3O2S/c1-14(7-9(10,11)12)18(16,17)15-5-3-2-4-8(15)6-13/h8H,2-7,13H2,1H3. The highest BCUT2D eigenvalue weighted by Crippen LogP contribution is 2.24. The largest absolute Gasteiger partial charge is 0.402 e.